The Hall–Kier alpha value is -0.380. The van der Waals surface area contributed by atoms with Crippen molar-refractivity contribution in [3.8, 4) is 10.4 Å². The molecular formula is C13H10Br2S. The lowest BCUT2D eigenvalue weighted by Gasteiger charge is -1.98. The van der Waals surface area contributed by atoms with Crippen LogP contribution >= 0.6 is 43.2 Å². The van der Waals surface area contributed by atoms with E-state index in [2.05, 4.69) is 81.3 Å². The lowest BCUT2D eigenvalue weighted by Crippen LogP contribution is -1.73. The summed E-state index contributed by atoms with van der Waals surface area (Å²) in [7, 11) is 0. The highest BCUT2D eigenvalue weighted by Crippen LogP contribution is 2.31. The molecule has 0 bridgehead atoms. The normalized spacial score (nSPS) is 10.2. The van der Waals surface area contributed by atoms with E-state index in [0.717, 1.165) is 3.39 Å². The lowest BCUT2D eigenvalue weighted by atomic mass is 10.1. The fourth-order valence-electron chi connectivity index (χ4n) is 1.49. The van der Waals surface area contributed by atoms with E-state index in [1.807, 2.05) is 0 Å². The largest absolute Gasteiger partial charge is 0.136 e. The van der Waals surface area contributed by atoms with Crippen molar-refractivity contribution in [2.24, 2.45) is 0 Å². The predicted octanol–water partition coefficient (Wildman–Crippen LogP) is 5.81. The van der Waals surface area contributed by atoms with Crippen LogP contribution in [-0.2, 0) is 0 Å². The summed E-state index contributed by atoms with van der Waals surface area (Å²) in [6.45, 7) is 2.12. The van der Waals surface area contributed by atoms with Crippen LogP contribution in [-0.4, -0.2) is 0 Å². The van der Waals surface area contributed by atoms with E-state index in [9.17, 15) is 0 Å². The first-order valence-electron chi connectivity index (χ1n) is 4.85. The molecule has 3 heteroatoms. The van der Waals surface area contributed by atoms with E-state index in [1.54, 1.807) is 11.3 Å². The first-order chi connectivity index (χ1) is 7.65. The Kier molecular flexibility index (Phi) is 4.00. The summed E-state index contributed by atoms with van der Waals surface area (Å²) < 4.78 is 0.970. The molecule has 0 aliphatic carbocycles. The molecular weight excluding hydrogens is 348 g/mol. The van der Waals surface area contributed by atoms with Gasteiger partial charge in [-0.15, -0.1) is 11.3 Å². The van der Waals surface area contributed by atoms with Gasteiger partial charge in [0.2, 0.25) is 0 Å². The number of aryl methyl sites for hydroxylation is 1. The van der Waals surface area contributed by atoms with Gasteiger partial charge < -0.3 is 0 Å². The Morgan fingerprint density at radius 3 is 2.69 bits per heavy atom. The molecule has 0 radical (unpaired) electrons. The molecule has 1 heterocycles. The summed E-state index contributed by atoms with van der Waals surface area (Å²) in [6, 6.07) is 12.9. The summed E-state index contributed by atoms with van der Waals surface area (Å²) in [6.07, 6.45) is 2.06. The van der Waals surface area contributed by atoms with Crippen molar-refractivity contribution < 1.29 is 0 Å². The Bertz CT molecular complexity index is 522. The van der Waals surface area contributed by atoms with Gasteiger partial charge in [-0.3, -0.25) is 0 Å². The molecule has 0 amide bonds. The smallest absolute Gasteiger partial charge is 0.0618 e. The molecule has 0 aliphatic heterocycles. The highest BCUT2D eigenvalue weighted by atomic mass is 79.9. The average molecular weight is 358 g/mol. The van der Waals surface area contributed by atoms with Crippen LogP contribution in [0.3, 0.4) is 0 Å². The van der Waals surface area contributed by atoms with E-state index in [-0.39, 0.29) is 0 Å². The quantitative estimate of drug-likeness (QED) is 0.635. The van der Waals surface area contributed by atoms with Crippen molar-refractivity contribution in [3.63, 3.8) is 0 Å². The lowest BCUT2D eigenvalue weighted by molar-refractivity contribution is 1.48. The van der Waals surface area contributed by atoms with Gasteiger partial charge in [0.05, 0.1) is 3.39 Å². The van der Waals surface area contributed by atoms with Gasteiger partial charge in [0.25, 0.3) is 0 Å². The molecule has 2 aromatic rings. The first kappa shape index (κ1) is 12.1. The Morgan fingerprint density at radius 1 is 1.19 bits per heavy atom. The monoisotopic (exact) mass is 356 g/mol. The van der Waals surface area contributed by atoms with Gasteiger partial charge in [0, 0.05) is 9.75 Å². The van der Waals surface area contributed by atoms with Crippen molar-refractivity contribution in [2.45, 2.75) is 6.92 Å². The van der Waals surface area contributed by atoms with E-state index < -0.39 is 0 Å². The fraction of sp³-hybridized carbons (Fsp3) is 0.0769. The summed E-state index contributed by atoms with van der Waals surface area (Å²) in [5.41, 5.74) is 2.58. The van der Waals surface area contributed by atoms with Crippen molar-refractivity contribution >= 4 is 49.3 Å². The molecule has 1 aromatic heterocycles. The summed E-state index contributed by atoms with van der Waals surface area (Å²) >= 11 is 8.53. The molecule has 0 unspecified atom stereocenters. The van der Waals surface area contributed by atoms with Crippen molar-refractivity contribution in [1.29, 1.82) is 0 Å². The standard InChI is InChI=1S/C13H10Br2S/c1-9-3-2-4-10(7-9)12-6-5-11(16-12)8-13(14)15/h2-8H,1H3. The van der Waals surface area contributed by atoms with Crippen LogP contribution < -0.4 is 0 Å². The van der Waals surface area contributed by atoms with Crippen LogP contribution in [0.15, 0.2) is 39.8 Å². The fourth-order valence-corrected chi connectivity index (χ4v) is 3.24. The minimum atomic E-state index is 0.970. The van der Waals surface area contributed by atoms with Crippen molar-refractivity contribution in [2.75, 3.05) is 0 Å². The molecule has 0 spiro atoms. The Morgan fingerprint density at radius 2 is 2.00 bits per heavy atom. The molecule has 16 heavy (non-hydrogen) atoms. The minimum Gasteiger partial charge on any atom is -0.136 e. The molecule has 82 valence electrons. The maximum Gasteiger partial charge on any atom is 0.0618 e. The Balaban J connectivity index is 2.35. The third-order valence-electron chi connectivity index (χ3n) is 2.18. The van der Waals surface area contributed by atoms with Gasteiger partial charge in [0.1, 0.15) is 0 Å². The van der Waals surface area contributed by atoms with Crippen molar-refractivity contribution in [1.82, 2.24) is 0 Å². The zero-order valence-corrected chi connectivity index (χ0v) is 12.7. The number of rotatable bonds is 2. The van der Waals surface area contributed by atoms with Gasteiger partial charge in [-0.2, -0.15) is 0 Å². The second-order valence-corrected chi connectivity index (χ2v) is 7.39. The van der Waals surface area contributed by atoms with Crippen LogP contribution in [0.5, 0.6) is 0 Å². The van der Waals surface area contributed by atoms with Crippen LogP contribution in [0.4, 0.5) is 0 Å². The molecule has 0 nitrogen and oxygen atoms in total. The van der Waals surface area contributed by atoms with Crippen molar-refractivity contribution in [3.05, 3.63) is 50.2 Å². The average Bonchev–Trinajstić information content (AvgIpc) is 2.65. The molecule has 2 rings (SSSR count). The molecule has 0 aliphatic rings. The van der Waals surface area contributed by atoms with Gasteiger partial charge in [-0.1, -0.05) is 29.8 Å². The molecule has 0 N–H and O–H groups in total. The third kappa shape index (κ3) is 3.06. The van der Waals surface area contributed by atoms with Crippen LogP contribution in [0.2, 0.25) is 0 Å². The van der Waals surface area contributed by atoms with Gasteiger partial charge in [-0.05, 0) is 62.6 Å². The van der Waals surface area contributed by atoms with Crippen LogP contribution in [0.25, 0.3) is 16.5 Å². The van der Waals surface area contributed by atoms with E-state index >= 15 is 0 Å². The number of halogens is 2. The van der Waals surface area contributed by atoms with Crippen LogP contribution in [0, 0.1) is 6.92 Å². The van der Waals surface area contributed by atoms with Gasteiger partial charge in [0.15, 0.2) is 0 Å². The highest BCUT2D eigenvalue weighted by molar-refractivity contribution is 9.28. The van der Waals surface area contributed by atoms with E-state index in [4.69, 9.17) is 0 Å². The van der Waals surface area contributed by atoms with Gasteiger partial charge in [-0.25, -0.2) is 0 Å². The van der Waals surface area contributed by atoms with E-state index in [0.29, 0.717) is 0 Å². The molecule has 1 aromatic carbocycles. The summed E-state index contributed by atoms with van der Waals surface area (Å²) in [5.74, 6) is 0. The number of benzene rings is 1. The number of thiophene rings is 1. The second-order valence-electron chi connectivity index (χ2n) is 3.51. The first-order valence-corrected chi connectivity index (χ1v) is 7.25. The second kappa shape index (κ2) is 5.30. The van der Waals surface area contributed by atoms with Gasteiger partial charge >= 0.3 is 0 Å². The summed E-state index contributed by atoms with van der Waals surface area (Å²) in [4.78, 5) is 2.54. The molecule has 0 saturated heterocycles. The zero-order valence-electron chi connectivity index (χ0n) is 8.71. The molecule has 0 saturated carbocycles. The minimum absolute atomic E-state index is 0.970. The zero-order chi connectivity index (χ0) is 11.5. The third-order valence-corrected chi connectivity index (χ3v) is 3.72. The number of hydrogen-bond donors (Lipinski definition) is 0. The maximum absolute atomic E-state index is 3.37. The summed E-state index contributed by atoms with van der Waals surface area (Å²) in [5, 5.41) is 0. The highest BCUT2D eigenvalue weighted by Gasteiger charge is 2.01. The van der Waals surface area contributed by atoms with Crippen LogP contribution in [0.1, 0.15) is 10.4 Å². The predicted molar refractivity (Wildman–Crippen MR) is 80.3 cm³/mol. The SMILES string of the molecule is Cc1cccc(-c2ccc(C=C(Br)Br)s2)c1. The Labute approximate surface area is 116 Å². The maximum atomic E-state index is 3.37. The topological polar surface area (TPSA) is 0 Å². The molecule has 0 atom stereocenters. The number of hydrogen-bond acceptors (Lipinski definition) is 1. The molecule has 0 fully saturated rings. The van der Waals surface area contributed by atoms with E-state index in [1.165, 1.54) is 20.9 Å².